The first-order valence-electron chi connectivity index (χ1n) is 7.49. The lowest BCUT2D eigenvalue weighted by atomic mass is 10.0. The van der Waals surface area contributed by atoms with Gasteiger partial charge in [0.2, 0.25) is 0 Å². The van der Waals surface area contributed by atoms with Gasteiger partial charge in [-0.15, -0.1) is 0 Å². The summed E-state index contributed by atoms with van der Waals surface area (Å²) in [5.41, 5.74) is 2.27. The van der Waals surface area contributed by atoms with Crippen molar-refractivity contribution >= 4 is 15.9 Å². The molecule has 1 N–H and O–H groups in total. The Morgan fingerprint density at radius 3 is 2.50 bits per heavy atom. The number of rotatable bonds is 9. The molecule has 0 radical (unpaired) electrons. The molecule has 1 aromatic heterocycles. The van der Waals surface area contributed by atoms with Gasteiger partial charge in [0, 0.05) is 26.6 Å². The number of nitrogens with zero attached hydrogens (tertiary/aromatic N) is 2. The Balaban J connectivity index is 2.87. The standard InChI is InChI=1S/C15H28BrN3O/c1-6-8-14(20-5)12(17-9-7-2)10-13-15(16)11(3)18-19(13)4/h12,14,17H,6-10H2,1-5H3. The van der Waals surface area contributed by atoms with Gasteiger partial charge < -0.3 is 10.1 Å². The molecule has 1 aromatic rings. The molecule has 20 heavy (non-hydrogen) atoms. The van der Waals surface area contributed by atoms with Gasteiger partial charge in [-0.2, -0.15) is 5.10 Å². The third kappa shape index (κ3) is 4.57. The zero-order valence-electron chi connectivity index (χ0n) is 13.4. The van der Waals surface area contributed by atoms with Gasteiger partial charge in [0.25, 0.3) is 0 Å². The average Bonchev–Trinajstić information content (AvgIpc) is 2.67. The predicted molar refractivity (Wildman–Crippen MR) is 87.1 cm³/mol. The Labute approximate surface area is 131 Å². The molecule has 0 fully saturated rings. The zero-order chi connectivity index (χ0) is 15.1. The number of aromatic nitrogens is 2. The number of hydrogen-bond acceptors (Lipinski definition) is 3. The van der Waals surface area contributed by atoms with Crippen LogP contribution in [0.25, 0.3) is 0 Å². The van der Waals surface area contributed by atoms with E-state index in [4.69, 9.17) is 4.74 Å². The molecule has 0 spiro atoms. The van der Waals surface area contributed by atoms with Gasteiger partial charge in [-0.3, -0.25) is 4.68 Å². The molecule has 2 unspecified atom stereocenters. The molecule has 116 valence electrons. The van der Waals surface area contributed by atoms with E-state index in [-0.39, 0.29) is 6.10 Å². The van der Waals surface area contributed by atoms with E-state index in [2.05, 4.69) is 40.2 Å². The summed E-state index contributed by atoms with van der Waals surface area (Å²) < 4.78 is 8.79. The van der Waals surface area contributed by atoms with E-state index < -0.39 is 0 Å². The lowest BCUT2D eigenvalue weighted by Gasteiger charge is -2.27. The normalized spacial score (nSPS) is 14.5. The lowest BCUT2D eigenvalue weighted by Crippen LogP contribution is -2.43. The van der Waals surface area contributed by atoms with Crippen LogP contribution in [0.2, 0.25) is 0 Å². The molecule has 5 heteroatoms. The maximum atomic E-state index is 5.70. The number of halogens is 1. The zero-order valence-corrected chi connectivity index (χ0v) is 15.0. The van der Waals surface area contributed by atoms with Crippen molar-refractivity contribution in [2.45, 2.75) is 58.6 Å². The number of aryl methyl sites for hydroxylation is 2. The van der Waals surface area contributed by atoms with Gasteiger partial charge in [-0.1, -0.05) is 20.3 Å². The number of methoxy groups -OCH3 is 1. The molecule has 0 aliphatic carbocycles. The Morgan fingerprint density at radius 2 is 2.05 bits per heavy atom. The van der Waals surface area contributed by atoms with Gasteiger partial charge in [0.05, 0.1) is 22.0 Å². The molecule has 0 amide bonds. The minimum Gasteiger partial charge on any atom is -0.380 e. The smallest absolute Gasteiger partial charge is 0.0738 e. The van der Waals surface area contributed by atoms with Crippen molar-refractivity contribution in [2.75, 3.05) is 13.7 Å². The Morgan fingerprint density at radius 1 is 1.35 bits per heavy atom. The van der Waals surface area contributed by atoms with Crippen molar-refractivity contribution in [1.29, 1.82) is 0 Å². The number of nitrogens with one attached hydrogen (secondary N) is 1. The van der Waals surface area contributed by atoms with Crippen molar-refractivity contribution in [3.63, 3.8) is 0 Å². The fourth-order valence-electron chi connectivity index (χ4n) is 2.54. The average molecular weight is 346 g/mol. The molecule has 1 rings (SSSR count). The molecule has 0 aliphatic rings. The summed E-state index contributed by atoms with van der Waals surface area (Å²) in [6.07, 6.45) is 4.51. The number of ether oxygens (including phenoxy) is 1. The van der Waals surface area contributed by atoms with Gasteiger partial charge in [-0.05, 0) is 42.2 Å². The minimum absolute atomic E-state index is 0.244. The molecule has 4 nitrogen and oxygen atoms in total. The van der Waals surface area contributed by atoms with Crippen LogP contribution in [0.4, 0.5) is 0 Å². The van der Waals surface area contributed by atoms with Crippen LogP contribution >= 0.6 is 15.9 Å². The van der Waals surface area contributed by atoms with E-state index in [0.717, 1.165) is 42.4 Å². The topological polar surface area (TPSA) is 39.1 Å². The van der Waals surface area contributed by atoms with Gasteiger partial charge in [0.15, 0.2) is 0 Å². The fourth-order valence-corrected chi connectivity index (χ4v) is 3.04. The highest BCUT2D eigenvalue weighted by Gasteiger charge is 2.23. The summed E-state index contributed by atoms with van der Waals surface area (Å²) in [7, 11) is 3.82. The predicted octanol–water partition coefficient (Wildman–Crippen LogP) is 3.22. The first kappa shape index (κ1) is 17.7. The van der Waals surface area contributed by atoms with Gasteiger partial charge in [0.1, 0.15) is 0 Å². The van der Waals surface area contributed by atoms with Crippen molar-refractivity contribution in [3.05, 3.63) is 15.9 Å². The highest BCUT2D eigenvalue weighted by molar-refractivity contribution is 9.10. The maximum absolute atomic E-state index is 5.70. The largest absolute Gasteiger partial charge is 0.380 e. The minimum atomic E-state index is 0.244. The van der Waals surface area contributed by atoms with Crippen LogP contribution in [0, 0.1) is 6.92 Å². The molecule has 0 aromatic carbocycles. The summed E-state index contributed by atoms with van der Waals surface area (Å²) in [5, 5.41) is 8.11. The Kier molecular flexibility index (Phi) is 7.77. The van der Waals surface area contributed by atoms with E-state index in [1.165, 1.54) is 5.69 Å². The molecule has 0 saturated carbocycles. The van der Waals surface area contributed by atoms with Gasteiger partial charge in [-0.25, -0.2) is 0 Å². The van der Waals surface area contributed by atoms with Crippen LogP contribution in [-0.2, 0) is 18.2 Å². The van der Waals surface area contributed by atoms with Crippen LogP contribution in [0.1, 0.15) is 44.5 Å². The summed E-state index contributed by atoms with van der Waals surface area (Å²) >= 11 is 3.66. The summed E-state index contributed by atoms with van der Waals surface area (Å²) in [6, 6.07) is 0.325. The molecular weight excluding hydrogens is 318 g/mol. The summed E-state index contributed by atoms with van der Waals surface area (Å²) in [5.74, 6) is 0. The summed E-state index contributed by atoms with van der Waals surface area (Å²) in [4.78, 5) is 0. The van der Waals surface area contributed by atoms with E-state index in [1.807, 2.05) is 25.8 Å². The van der Waals surface area contributed by atoms with Crippen LogP contribution in [0.5, 0.6) is 0 Å². The van der Waals surface area contributed by atoms with E-state index in [0.29, 0.717) is 6.04 Å². The van der Waals surface area contributed by atoms with Crippen LogP contribution in [0.3, 0.4) is 0 Å². The summed E-state index contributed by atoms with van der Waals surface area (Å²) in [6.45, 7) is 7.44. The Hall–Kier alpha value is -0.390. The molecule has 0 aliphatic heterocycles. The second-order valence-electron chi connectivity index (χ2n) is 5.30. The first-order chi connectivity index (χ1) is 9.54. The highest BCUT2D eigenvalue weighted by atomic mass is 79.9. The highest BCUT2D eigenvalue weighted by Crippen LogP contribution is 2.23. The third-order valence-electron chi connectivity index (χ3n) is 3.66. The third-order valence-corrected chi connectivity index (χ3v) is 4.69. The molecule has 2 atom stereocenters. The quantitative estimate of drug-likeness (QED) is 0.746. The van der Waals surface area contributed by atoms with Crippen LogP contribution in [-0.4, -0.2) is 35.6 Å². The second kappa shape index (κ2) is 8.80. The fraction of sp³-hybridized carbons (Fsp3) is 0.800. The Bertz CT molecular complexity index is 406. The number of hydrogen-bond donors (Lipinski definition) is 1. The molecular formula is C15H28BrN3O. The van der Waals surface area contributed by atoms with Crippen LogP contribution < -0.4 is 5.32 Å². The van der Waals surface area contributed by atoms with E-state index >= 15 is 0 Å². The molecule has 1 heterocycles. The van der Waals surface area contributed by atoms with Crippen molar-refractivity contribution < 1.29 is 4.74 Å². The van der Waals surface area contributed by atoms with E-state index in [1.54, 1.807) is 0 Å². The lowest BCUT2D eigenvalue weighted by molar-refractivity contribution is 0.0603. The van der Waals surface area contributed by atoms with Crippen molar-refractivity contribution in [2.24, 2.45) is 7.05 Å². The van der Waals surface area contributed by atoms with Crippen molar-refractivity contribution in [1.82, 2.24) is 15.1 Å². The van der Waals surface area contributed by atoms with E-state index in [9.17, 15) is 0 Å². The SMILES string of the molecule is CCCNC(Cc1c(Br)c(C)nn1C)C(CCC)OC. The van der Waals surface area contributed by atoms with Crippen molar-refractivity contribution in [3.8, 4) is 0 Å². The van der Waals surface area contributed by atoms with Gasteiger partial charge >= 0.3 is 0 Å². The monoisotopic (exact) mass is 345 g/mol. The maximum Gasteiger partial charge on any atom is 0.0738 e. The second-order valence-corrected chi connectivity index (χ2v) is 6.09. The van der Waals surface area contributed by atoms with Crippen LogP contribution in [0.15, 0.2) is 4.47 Å². The molecule has 0 bridgehead atoms. The first-order valence-corrected chi connectivity index (χ1v) is 8.28. The molecule has 0 saturated heterocycles.